The molecule has 0 aliphatic carbocycles. The lowest BCUT2D eigenvalue weighted by atomic mass is 10.1. The Kier molecular flexibility index (Phi) is 4.98. The Bertz CT molecular complexity index is 994. The van der Waals surface area contributed by atoms with Crippen LogP contribution in [-0.4, -0.2) is 30.5 Å². The number of hydrogen-bond donors (Lipinski definition) is 0. The maximum atomic E-state index is 12.6. The van der Waals surface area contributed by atoms with Gasteiger partial charge in [0.2, 0.25) is 5.78 Å². The summed E-state index contributed by atoms with van der Waals surface area (Å²) in [4.78, 5) is 29.4. The molecule has 26 heavy (non-hydrogen) atoms. The number of aryl methyl sites for hydroxylation is 2. The monoisotopic (exact) mass is 349 g/mol. The highest BCUT2D eigenvalue weighted by molar-refractivity contribution is 6.05. The summed E-state index contributed by atoms with van der Waals surface area (Å²) >= 11 is 0. The molecule has 0 amide bonds. The zero-order valence-electron chi connectivity index (χ0n) is 14.9. The summed E-state index contributed by atoms with van der Waals surface area (Å²) < 4.78 is 10.4. The minimum absolute atomic E-state index is 0.318. The maximum Gasteiger partial charge on any atom is 0.339 e. The van der Waals surface area contributed by atoms with E-state index in [0.717, 1.165) is 11.1 Å². The molecule has 2 aromatic carbocycles. The molecule has 3 rings (SSSR count). The van der Waals surface area contributed by atoms with E-state index in [1.807, 2.05) is 32.0 Å². The van der Waals surface area contributed by atoms with E-state index in [1.165, 1.54) is 7.11 Å². The Morgan fingerprint density at radius 2 is 1.77 bits per heavy atom. The van der Waals surface area contributed by atoms with Gasteiger partial charge < -0.3 is 9.47 Å². The number of carbonyl (C=O) groups is 2. The fraction of sp³-hybridized carbons (Fsp3) is 0.190. The summed E-state index contributed by atoms with van der Waals surface area (Å²) in [5.74, 6) is -0.411. The van der Waals surface area contributed by atoms with Crippen molar-refractivity contribution < 1.29 is 19.1 Å². The van der Waals surface area contributed by atoms with Crippen molar-refractivity contribution in [1.29, 1.82) is 0 Å². The maximum absolute atomic E-state index is 12.6. The summed E-state index contributed by atoms with van der Waals surface area (Å²) in [6.07, 6.45) is 0. The van der Waals surface area contributed by atoms with Crippen molar-refractivity contribution >= 4 is 22.7 Å². The third-order valence-electron chi connectivity index (χ3n) is 4.05. The summed E-state index contributed by atoms with van der Waals surface area (Å²) in [5.41, 5.74) is 3.24. The van der Waals surface area contributed by atoms with Gasteiger partial charge in [0.15, 0.2) is 6.61 Å². The van der Waals surface area contributed by atoms with E-state index in [4.69, 9.17) is 9.47 Å². The first-order valence-electron chi connectivity index (χ1n) is 8.21. The molecule has 3 aromatic rings. The summed E-state index contributed by atoms with van der Waals surface area (Å²) in [6.45, 7) is 3.41. The van der Waals surface area contributed by atoms with Crippen molar-refractivity contribution in [2.75, 3.05) is 13.7 Å². The molecule has 0 atom stereocenters. The molecule has 132 valence electrons. The number of esters is 1. The van der Waals surface area contributed by atoms with Crippen LogP contribution in [0, 0.1) is 13.8 Å². The van der Waals surface area contributed by atoms with Gasteiger partial charge in [0.25, 0.3) is 0 Å². The number of rotatable bonds is 5. The zero-order valence-corrected chi connectivity index (χ0v) is 14.9. The highest BCUT2D eigenvalue weighted by atomic mass is 16.5. The van der Waals surface area contributed by atoms with E-state index in [1.54, 1.807) is 30.3 Å². The second-order valence-electron chi connectivity index (χ2n) is 6.03. The Hall–Kier alpha value is -3.21. The molecule has 0 bridgehead atoms. The molecule has 0 N–H and O–H groups in total. The summed E-state index contributed by atoms with van der Waals surface area (Å²) in [6, 6.07) is 14.2. The number of carbonyl (C=O) groups excluding carboxylic acids is 2. The zero-order chi connectivity index (χ0) is 18.7. The first-order valence-corrected chi connectivity index (χ1v) is 8.21. The van der Waals surface area contributed by atoms with Crippen LogP contribution in [0.15, 0.2) is 48.5 Å². The first-order chi connectivity index (χ1) is 12.5. The number of ether oxygens (including phenoxy) is 2. The lowest BCUT2D eigenvalue weighted by molar-refractivity contribution is 0.0475. The molecule has 0 aliphatic heterocycles. The number of ketones is 1. The molecule has 0 aliphatic rings. The van der Waals surface area contributed by atoms with Crippen LogP contribution in [0.2, 0.25) is 0 Å². The molecule has 0 unspecified atom stereocenters. The molecule has 0 saturated carbocycles. The fourth-order valence-corrected chi connectivity index (χ4v) is 2.80. The highest BCUT2D eigenvalue weighted by Gasteiger charge is 2.17. The lowest BCUT2D eigenvalue weighted by Gasteiger charge is -2.10. The number of hydrogen-bond acceptors (Lipinski definition) is 5. The third-order valence-corrected chi connectivity index (χ3v) is 4.05. The van der Waals surface area contributed by atoms with E-state index in [2.05, 4.69) is 4.98 Å². The Morgan fingerprint density at radius 3 is 2.54 bits per heavy atom. The second-order valence-corrected chi connectivity index (χ2v) is 6.03. The van der Waals surface area contributed by atoms with Gasteiger partial charge in [-0.2, -0.15) is 0 Å². The van der Waals surface area contributed by atoms with Crippen molar-refractivity contribution in [1.82, 2.24) is 4.98 Å². The van der Waals surface area contributed by atoms with E-state index < -0.39 is 5.97 Å². The second kappa shape index (κ2) is 7.35. The Morgan fingerprint density at radius 1 is 1.00 bits per heavy atom. The lowest BCUT2D eigenvalue weighted by Crippen LogP contribution is -2.15. The van der Waals surface area contributed by atoms with Crippen LogP contribution in [-0.2, 0) is 4.74 Å². The number of para-hydroxylation sites is 1. The van der Waals surface area contributed by atoms with Crippen LogP contribution >= 0.6 is 0 Å². The number of methoxy groups -OCH3 is 1. The van der Waals surface area contributed by atoms with Gasteiger partial charge in [-0.25, -0.2) is 4.79 Å². The Balaban J connectivity index is 1.84. The SMILES string of the molecule is COc1ccccc1C(=O)COC(=O)c1cc(C)nc2ccc(C)cc12. The number of Topliss-reactive ketones (excluding diaryl/α,β-unsaturated/α-hetero) is 1. The van der Waals surface area contributed by atoms with Gasteiger partial charge in [0, 0.05) is 11.1 Å². The molecule has 0 radical (unpaired) electrons. The quantitative estimate of drug-likeness (QED) is 0.516. The number of aromatic nitrogens is 1. The van der Waals surface area contributed by atoms with Crippen molar-refractivity contribution in [2.24, 2.45) is 0 Å². The number of benzene rings is 2. The normalized spacial score (nSPS) is 10.6. The number of nitrogens with zero attached hydrogens (tertiary/aromatic N) is 1. The summed E-state index contributed by atoms with van der Waals surface area (Å²) in [5, 5.41) is 0.713. The van der Waals surface area contributed by atoms with Gasteiger partial charge in [-0.15, -0.1) is 0 Å². The van der Waals surface area contributed by atoms with Crippen molar-refractivity contribution in [2.45, 2.75) is 13.8 Å². The van der Waals surface area contributed by atoms with E-state index in [-0.39, 0.29) is 12.4 Å². The first kappa shape index (κ1) is 17.6. The van der Waals surface area contributed by atoms with Gasteiger partial charge in [-0.3, -0.25) is 9.78 Å². The molecule has 1 aromatic heterocycles. The predicted octanol–water partition coefficient (Wildman–Crippen LogP) is 3.90. The topological polar surface area (TPSA) is 65.5 Å². The molecule has 0 spiro atoms. The number of fused-ring (bicyclic) bond motifs is 1. The van der Waals surface area contributed by atoms with Crippen LogP contribution in [0.3, 0.4) is 0 Å². The van der Waals surface area contributed by atoms with Crippen LogP contribution in [0.1, 0.15) is 32.0 Å². The van der Waals surface area contributed by atoms with Crippen molar-refractivity contribution in [3.05, 3.63) is 70.9 Å². The van der Waals surface area contributed by atoms with Gasteiger partial charge in [0.05, 0.1) is 23.8 Å². The average molecular weight is 349 g/mol. The van der Waals surface area contributed by atoms with Gasteiger partial charge in [-0.1, -0.05) is 23.8 Å². The van der Waals surface area contributed by atoms with Crippen LogP contribution in [0.4, 0.5) is 0 Å². The van der Waals surface area contributed by atoms with E-state index >= 15 is 0 Å². The van der Waals surface area contributed by atoms with E-state index in [9.17, 15) is 9.59 Å². The molecular formula is C21H19NO4. The summed E-state index contributed by atoms with van der Waals surface area (Å²) in [7, 11) is 1.49. The van der Waals surface area contributed by atoms with Gasteiger partial charge in [0.1, 0.15) is 5.75 Å². The predicted molar refractivity (Wildman–Crippen MR) is 98.8 cm³/mol. The minimum atomic E-state index is -0.547. The van der Waals surface area contributed by atoms with Crippen molar-refractivity contribution in [3.63, 3.8) is 0 Å². The van der Waals surface area contributed by atoms with Crippen LogP contribution in [0.5, 0.6) is 5.75 Å². The van der Waals surface area contributed by atoms with Crippen molar-refractivity contribution in [3.8, 4) is 5.75 Å². The molecule has 5 heteroatoms. The van der Waals surface area contributed by atoms with Gasteiger partial charge in [-0.05, 0) is 44.2 Å². The average Bonchev–Trinajstić information content (AvgIpc) is 2.65. The molecule has 0 fully saturated rings. The number of pyridine rings is 1. The Labute approximate surface area is 151 Å². The van der Waals surface area contributed by atoms with Gasteiger partial charge >= 0.3 is 5.97 Å². The standard InChI is InChI=1S/C21H19NO4/c1-13-8-9-18-16(10-13)17(11-14(2)22-18)21(24)26-12-19(23)15-6-4-5-7-20(15)25-3/h4-11H,12H2,1-3H3. The third kappa shape index (κ3) is 3.57. The molecule has 5 nitrogen and oxygen atoms in total. The van der Waals surface area contributed by atoms with Crippen LogP contribution in [0.25, 0.3) is 10.9 Å². The fourth-order valence-electron chi connectivity index (χ4n) is 2.80. The largest absolute Gasteiger partial charge is 0.496 e. The van der Waals surface area contributed by atoms with E-state index in [0.29, 0.717) is 28.0 Å². The highest BCUT2D eigenvalue weighted by Crippen LogP contribution is 2.22. The smallest absolute Gasteiger partial charge is 0.339 e. The minimum Gasteiger partial charge on any atom is -0.496 e. The van der Waals surface area contributed by atoms with Crippen LogP contribution < -0.4 is 4.74 Å². The molecular weight excluding hydrogens is 330 g/mol. The molecule has 1 heterocycles. The molecule has 0 saturated heterocycles.